The second kappa shape index (κ2) is 13.1. The Morgan fingerprint density at radius 2 is 1.83 bits per heavy atom. The predicted octanol–water partition coefficient (Wildman–Crippen LogP) is 4.06. The van der Waals surface area contributed by atoms with Gasteiger partial charge in [0.2, 0.25) is 0 Å². The number of aliphatic imine (C=N–C) groups is 1. The highest BCUT2D eigenvalue weighted by Crippen LogP contribution is 2.25. The van der Waals surface area contributed by atoms with Gasteiger partial charge < -0.3 is 24.8 Å². The van der Waals surface area contributed by atoms with Crippen molar-refractivity contribution >= 4 is 29.9 Å². The quantitative estimate of drug-likeness (QED) is 0.229. The molecule has 2 rings (SSSR count). The maximum absolute atomic E-state index is 9.36. The van der Waals surface area contributed by atoms with Gasteiger partial charge in [0, 0.05) is 38.3 Å². The van der Waals surface area contributed by atoms with E-state index in [9.17, 15) is 5.11 Å². The highest BCUT2D eigenvalue weighted by molar-refractivity contribution is 14.0. The molecule has 0 aliphatic rings. The van der Waals surface area contributed by atoms with Gasteiger partial charge in [-0.3, -0.25) is 4.99 Å². The van der Waals surface area contributed by atoms with E-state index in [1.165, 1.54) is 5.56 Å². The van der Waals surface area contributed by atoms with E-state index in [0.717, 1.165) is 49.0 Å². The molecule has 2 aromatic carbocycles. The summed E-state index contributed by atoms with van der Waals surface area (Å²) in [5.41, 5.74) is 2.27. The molecule has 0 fully saturated rings. The van der Waals surface area contributed by atoms with E-state index in [0.29, 0.717) is 12.3 Å². The first-order valence-corrected chi connectivity index (χ1v) is 9.55. The molecule has 6 nitrogen and oxygen atoms in total. The highest BCUT2D eigenvalue weighted by atomic mass is 127. The Labute approximate surface area is 191 Å². The minimum atomic E-state index is 0. The van der Waals surface area contributed by atoms with Gasteiger partial charge in [-0.15, -0.1) is 24.0 Å². The maximum atomic E-state index is 9.36. The van der Waals surface area contributed by atoms with Crippen molar-refractivity contribution in [2.24, 2.45) is 4.99 Å². The molecule has 0 aliphatic carbocycles. The van der Waals surface area contributed by atoms with E-state index in [2.05, 4.69) is 17.1 Å². The Kier molecular flexibility index (Phi) is 11.3. The number of hydrogen-bond acceptors (Lipinski definition) is 4. The molecule has 0 spiro atoms. The number of ether oxygens (including phenoxy) is 2. The summed E-state index contributed by atoms with van der Waals surface area (Å²) in [6, 6.07) is 13.2. The maximum Gasteiger partial charge on any atom is 0.193 e. The molecule has 2 N–H and O–H groups in total. The molecule has 160 valence electrons. The van der Waals surface area contributed by atoms with Crippen LogP contribution in [0.25, 0.3) is 0 Å². The van der Waals surface area contributed by atoms with Crippen LogP contribution in [-0.4, -0.2) is 50.3 Å². The molecule has 0 saturated carbocycles. The Hall–Kier alpha value is -2.16. The van der Waals surface area contributed by atoms with Crippen LogP contribution in [0.5, 0.6) is 17.2 Å². The zero-order valence-corrected chi connectivity index (χ0v) is 20.0. The van der Waals surface area contributed by atoms with Crippen molar-refractivity contribution in [3.8, 4) is 17.2 Å². The molecule has 0 radical (unpaired) electrons. The van der Waals surface area contributed by atoms with Crippen molar-refractivity contribution in [2.75, 3.05) is 34.4 Å². The largest absolute Gasteiger partial charge is 0.508 e. The standard InChI is InChI=1S/C22H31N3O3.HI/c1-5-23-22(24-14-6-7-17-8-11-19(26)12-9-17)25(2)16-18-10-13-20(27-3)15-21(18)28-4;/h8-13,15,26H,5-7,14,16H2,1-4H3,(H,23,24);1H. The average Bonchev–Trinajstić information content (AvgIpc) is 2.71. The van der Waals surface area contributed by atoms with Crippen molar-refractivity contribution in [1.82, 2.24) is 10.2 Å². The fourth-order valence-electron chi connectivity index (χ4n) is 2.91. The van der Waals surface area contributed by atoms with Gasteiger partial charge in [0.25, 0.3) is 0 Å². The lowest BCUT2D eigenvalue weighted by atomic mass is 10.1. The third-order valence-corrected chi connectivity index (χ3v) is 4.42. The summed E-state index contributed by atoms with van der Waals surface area (Å²) in [6.45, 7) is 4.28. The van der Waals surface area contributed by atoms with E-state index in [1.54, 1.807) is 26.4 Å². The van der Waals surface area contributed by atoms with Crippen molar-refractivity contribution in [2.45, 2.75) is 26.3 Å². The van der Waals surface area contributed by atoms with E-state index in [1.807, 2.05) is 37.4 Å². The van der Waals surface area contributed by atoms with Gasteiger partial charge in [0.05, 0.1) is 14.2 Å². The van der Waals surface area contributed by atoms with Crippen LogP contribution in [0.2, 0.25) is 0 Å². The van der Waals surface area contributed by atoms with Gasteiger partial charge in [0.1, 0.15) is 17.2 Å². The molecular formula is C22H32IN3O3. The van der Waals surface area contributed by atoms with Crippen molar-refractivity contribution in [3.05, 3.63) is 53.6 Å². The van der Waals surface area contributed by atoms with Crippen LogP contribution in [0, 0.1) is 0 Å². The number of nitrogens with zero attached hydrogens (tertiary/aromatic N) is 2. The first kappa shape index (κ1) is 24.9. The Morgan fingerprint density at radius 1 is 1.10 bits per heavy atom. The Bertz CT molecular complexity index is 766. The molecule has 0 amide bonds. The van der Waals surface area contributed by atoms with Crippen molar-refractivity contribution < 1.29 is 14.6 Å². The second-order valence-electron chi connectivity index (χ2n) is 6.54. The number of aromatic hydroxyl groups is 1. The van der Waals surface area contributed by atoms with Gasteiger partial charge in [-0.25, -0.2) is 0 Å². The zero-order valence-electron chi connectivity index (χ0n) is 17.6. The van der Waals surface area contributed by atoms with Gasteiger partial charge >= 0.3 is 0 Å². The van der Waals surface area contributed by atoms with Crippen LogP contribution >= 0.6 is 24.0 Å². The van der Waals surface area contributed by atoms with Crippen LogP contribution in [0.15, 0.2) is 47.5 Å². The van der Waals surface area contributed by atoms with E-state index < -0.39 is 0 Å². The molecule has 0 bridgehead atoms. The van der Waals surface area contributed by atoms with Gasteiger partial charge in [-0.05, 0) is 49.6 Å². The minimum absolute atomic E-state index is 0. The summed E-state index contributed by atoms with van der Waals surface area (Å²) in [4.78, 5) is 6.84. The minimum Gasteiger partial charge on any atom is -0.508 e. The van der Waals surface area contributed by atoms with Crippen molar-refractivity contribution in [3.63, 3.8) is 0 Å². The smallest absolute Gasteiger partial charge is 0.193 e. The van der Waals surface area contributed by atoms with Crippen LogP contribution in [0.1, 0.15) is 24.5 Å². The number of guanidine groups is 1. The normalized spacial score (nSPS) is 10.8. The molecular weight excluding hydrogens is 481 g/mol. The zero-order chi connectivity index (χ0) is 20.4. The lowest BCUT2D eigenvalue weighted by Crippen LogP contribution is -2.38. The fourth-order valence-corrected chi connectivity index (χ4v) is 2.91. The monoisotopic (exact) mass is 513 g/mol. The third-order valence-electron chi connectivity index (χ3n) is 4.42. The Morgan fingerprint density at radius 3 is 2.45 bits per heavy atom. The predicted molar refractivity (Wildman–Crippen MR) is 129 cm³/mol. The molecule has 0 aliphatic heterocycles. The van der Waals surface area contributed by atoms with Crippen LogP contribution in [0.4, 0.5) is 0 Å². The second-order valence-corrected chi connectivity index (χ2v) is 6.54. The summed E-state index contributed by atoms with van der Waals surface area (Å²) in [5.74, 6) is 2.74. The number of phenols is 1. The van der Waals surface area contributed by atoms with Gasteiger partial charge in [-0.1, -0.05) is 12.1 Å². The lowest BCUT2D eigenvalue weighted by molar-refractivity contribution is 0.382. The Balaban J connectivity index is 0.00000420. The number of aryl methyl sites for hydroxylation is 1. The van der Waals surface area contributed by atoms with Crippen LogP contribution < -0.4 is 14.8 Å². The number of rotatable bonds is 9. The highest BCUT2D eigenvalue weighted by Gasteiger charge is 2.11. The molecule has 2 aromatic rings. The molecule has 29 heavy (non-hydrogen) atoms. The fraction of sp³-hybridized carbons (Fsp3) is 0.409. The summed E-state index contributed by atoms with van der Waals surface area (Å²) in [6.07, 6.45) is 1.87. The van der Waals surface area contributed by atoms with E-state index in [-0.39, 0.29) is 24.0 Å². The molecule has 0 atom stereocenters. The summed E-state index contributed by atoms with van der Waals surface area (Å²) in [5, 5.41) is 12.7. The molecule has 0 saturated heterocycles. The average molecular weight is 513 g/mol. The number of nitrogens with one attached hydrogen (secondary N) is 1. The number of halogens is 1. The van der Waals surface area contributed by atoms with Crippen LogP contribution in [-0.2, 0) is 13.0 Å². The number of hydrogen-bond donors (Lipinski definition) is 2. The molecule has 0 unspecified atom stereocenters. The first-order valence-electron chi connectivity index (χ1n) is 9.55. The summed E-state index contributed by atoms with van der Waals surface area (Å²) < 4.78 is 10.8. The van der Waals surface area contributed by atoms with Crippen molar-refractivity contribution in [1.29, 1.82) is 0 Å². The molecule has 7 heteroatoms. The van der Waals surface area contributed by atoms with Gasteiger partial charge in [-0.2, -0.15) is 0 Å². The SMILES string of the molecule is CCNC(=NCCCc1ccc(O)cc1)N(C)Cc1ccc(OC)cc1OC.I. The number of benzene rings is 2. The van der Waals surface area contributed by atoms with Crippen LogP contribution in [0.3, 0.4) is 0 Å². The first-order chi connectivity index (χ1) is 13.6. The topological polar surface area (TPSA) is 66.3 Å². The number of phenolic OH excluding ortho intramolecular Hbond substituents is 1. The van der Waals surface area contributed by atoms with E-state index >= 15 is 0 Å². The molecule has 0 heterocycles. The number of methoxy groups -OCH3 is 2. The summed E-state index contributed by atoms with van der Waals surface area (Å²) in [7, 11) is 5.33. The van der Waals surface area contributed by atoms with Gasteiger partial charge in [0.15, 0.2) is 5.96 Å². The lowest BCUT2D eigenvalue weighted by Gasteiger charge is -2.23. The summed E-state index contributed by atoms with van der Waals surface area (Å²) >= 11 is 0. The third kappa shape index (κ3) is 8.00. The molecule has 0 aromatic heterocycles. The van der Waals surface area contributed by atoms with E-state index in [4.69, 9.17) is 14.5 Å².